The minimum Gasteiger partial charge on any atom is -0.205 e. The maximum atomic E-state index is 17.2. The molecule has 0 amide bonds. The summed E-state index contributed by atoms with van der Waals surface area (Å²) in [7, 11) is 0. The second kappa shape index (κ2) is 17.4. The molecule has 64 heavy (non-hydrogen) atoms. The predicted molar refractivity (Wildman–Crippen MR) is 255 cm³/mol. The van der Waals surface area contributed by atoms with Gasteiger partial charge in [0.1, 0.15) is 23.3 Å². The zero-order chi connectivity index (χ0) is 43.6. The highest BCUT2D eigenvalue weighted by Crippen LogP contribution is 2.50. The lowest BCUT2D eigenvalue weighted by molar-refractivity contribution is 0.594. The van der Waals surface area contributed by atoms with Gasteiger partial charge in [-0.25, -0.2) is 17.6 Å². The van der Waals surface area contributed by atoms with Gasteiger partial charge in [-0.2, -0.15) is 0 Å². The number of halogens is 4. The Labute approximate surface area is 370 Å². The van der Waals surface area contributed by atoms with Gasteiger partial charge in [0.05, 0.1) is 11.1 Å². The lowest BCUT2D eigenvalue weighted by atomic mass is 9.82. The Morgan fingerprint density at radius 3 is 0.500 bits per heavy atom. The van der Waals surface area contributed by atoms with Crippen LogP contribution in [0.5, 0.6) is 0 Å². The molecule has 0 aliphatic carbocycles. The molecular weight excluding hydrogens is 797 g/mol. The molecule has 0 aliphatic heterocycles. The Morgan fingerprint density at radius 1 is 0.141 bits per heavy atom. The van der Waals surface area contributed by atoms with Crippen molar-refractivity contribution in [2.24, 2.45) is 0 Å². The summed E-state index contributed by atoms with van der Waals surface area (Å²) in [6.45, 7) is 0. The van der Waals surface area contributed by atoms with E-state index in [1.807, 2.05) is 182 Å². The van der Waals surface area contributed by atoms with Crippen molar-refractivity contribution in [3.05, 3.63) is 254 Å². The fraction of sp³-hybridized carbons (Fsp3) is 0. The minimum absolute atomic E-state index is 0.0842. The molecule has 0 atom stereocenters. The molecule has 0 saturated carbocycles. The normalized spacial score (nSPS) is 11.1. The Hall–Kier alpha value is -8.08. The van der Waals surface area contributed by atoms with Crippen molar-refractivity contribution in [2.75, 3.05) is 0 Å². The molecule has 0 aliphatic rings. The van der Waals surface area contributed by atoms with E-state index in [0.717, 1.165) is 11.1 Å². The summed E-state index contributed by atoms with van der Waals surface area (Å²) in [5.41, 5.74) is 8.30. The second-order valence-corrected chi connectivity index (χ2v) is 15.6. The van der Waals surface area contributed by atoms with Gasteiger partial charge in [-0.05, 0) is 55.6 Å². The summed E-state index contributed by atoms with van der Waals surface area (Å²) in [6.07, 6.45) is 0. The van der Waals surface area contributed by atoms with Crippen molar-refractivity contribution in [2.45, 2.75) is 0 Å². The highest BCUT2D eigenvalue weighted by Gasteiger charge is 2.30. The Kier molecular flexibility index (Phi) is 10.9. The maximum Gasteiger partial charge on any atom is 0.142 e. The molecule has 4 heteroatoms. The van der Waals surface area contributed by atoms with Crippen LogP contribution in [0.15, 0.2) is 231 Å². The first-order valence-corrected chi connectivity index (χ1v) is 21.1. The molecule has 10 rings (SSSR count). The van der Waals surface area contributed by atoms with Crippen LogP contribution in [0, 0.1) is 23.3 Å². The standard InChI is InChI=1S/C60H38F4/c61-57-51(41-19-7-1-8-20-41)49(52(42-21-9-2-10-22-42)58(62)55(57)45-27-15-5-16-28-45)47-35-31-39(32-36-47)40-33-37-48(38-34-40)50-53(43-23-11-3-12-24-43)59(63)56(46-29-17-6-18-30-46)60(64)54(50)44-25-13-4-14-26-44/h1-38H. The zero-order valence-electron chi connectivity index (χ0n) is 34.5. The van der Waals surface area contributed by atoms with Crippen LogP contribution in [0.2, 0.25) is 0 Å². The van der Waals surface area contributed by atoms with Gasteiger partial charge in [0.25, 0.3) is 0 Å². The first-order valence-electron chi connectivity index (χ1n) is 21.1. The Bertz CT molecular complexity index is 2870. The third kappa shape index (κ3) is 7.29. The average Bonchev–Trinajstić information content (AvgIpc) is 3.35. The maximum absolute atomic E-state index is 17.2. The van der Waals surface area contributed by atoms with Crippen molar-refractivity contribution >= 4 is 0 Å². The average molecular weight is 835 g/mol. The van der Waals surface area contributed by atoms with Crippen molar-refractivity contribution < 1.29 is 17.6 Å². The zero-order valence-corrected chi connectivity index (χ0v) is 34.5. The van der Waals surface area contributed by atoms with Gasteiger partial charge in [0.15, 0.2) is 0 Å². The number of hydrogen-bond acceptors (Lipinski definition) is 0. The third-order valence-corrected chi connectivity index (χ3v) is 11.8. The lowest BCUT2D eigenvalue weighted by Gasteiger charge is -2.22. The van der Waals surface area contributed by atoms with E-state index in [-0.39, 0.29) is 11.1 Å². The molecule has 0 spiro atoms. The van der Waals surface area contributed by atoms with E-state index < -0.39 is 23.3 Å². The van der Waals surface area contributed by atoms with Crippen LogP contribution in [-0.4, -0.2) is 0 Å². The van der Waals surface area contributed by atoms with Gasteiger partial charge >= 0.3 is 0 Å². The fourth-order valence-electron chi connectivity index (χ4n) is 8.84. The smallest absolute Gasteiger partial charge is 0.142 e. The van der Waals surface area contributed by atoms with Gasteiger partial charge in [0, 0.05) is 33.4 Å². The highest BCUT2D eigenvalue weighted by atomic mass is 19.1. The van der Waals surface area contributed by atoms with Crippen molar-refractivity contribution in [1.29, 1.82) is 0 Å². The molecule has 0 bridgehead atoms. The van der Waals surface area contributed by atoms with Crippen LogP contribution in [0.3, 0.4) is 0 Å². The van der Waals surface area contributed by atoms with Crippen LogP contribution in [-0.2, 0) is 0 Å². The van der Waals surface area contributed by atoms with Gasteiger partial charge in [0.2, 0.25) is 0 Å². The van der Waals surface area contributed by atoms with Gasteiger partial charge in [-0.1, -0.05) is 231 Å². The summed E-state index contributed by atoms with van der Waals surface area (Å²) in [5.74, 6) is -2.56. The first kappa shape index (κ1) is 40.0. The summed E-state index contributed by atoms with van der Waals surface area (Å²) in [5, 5.41) is 0. The summed E-state index contributed by atoms with van der Waals surface area (Å²) in [6, 6.07) is 70.1. The van der Waals surface area contributed by atoms with Crippen LogP contribution in [0.4, 0.5) is 17.6 Å². The first-order chi connectivity index (χ1) is 31.5. The predicted octanol–water partition coefficient (Wildman–Crippen LogP) is 17.2. The topological polar surface area (TPSA) is 0 Å². The van der Waals surface area contributed by atoms with Crippen molar-refractivity contribution in [1.82, 2.24) is 0 Å². The van der Waals surface area contributed by atoms with E-state index in [0.29, 0.717) is 77.9 Å². The molecule has 0 N–H and O–H groups in total. The summed E-state index contributed by atoms with van der Waals surface area (Å²) < 4.78 is 68.9. The molecule has 0 saturated heterocycles. The third-order valence-electron chi connectivity index (χ3n) is 11.8. The van der Waals surface area contributed by atoms with E-state index in [9.17, 15) is 0 Å². The minimum atomic E-state index is -0.640. The van der Waals surface area contributed by atoms with Crippen molar-refractivity contribution in [3.8, 4) is 100 Å². The Balaban J connectivity index is 1.13. The Morgan fingerprint density at radius 2 is 0.297 bits per heavy atom. The second-order valence-electron chi connectivity index (χ2n) is 15.6. The number of benzene rings is 10. The molecule has 10 aromatic carbocycles. The molecule has 0 nitrogen and oxygen atoms in total. The fourth-order valence-corrected chi connectivity index (χ4v) is 8.84. The van der Waals surface area contributed by atoms with Crippen LogP contribution in [0.1, 0.15) is 0 Å². The molecule has 0 heterocycles. The van der Waals surface area contributed by atoms with E-state index in [1.54, 1.807) is 48.5 Å². The van der Waals surface area contributed by atoms with Gasteiger partial charge < -0.3 is 0 Å². The van der Waals surface area contributed by atoms with Gasteiger partial charge in [-0.3, -0.25) is 0 Å². The largest absolute Gasteiger partial charge is 0.205 e. The molecule has 0 fully saturated rings. The molecule has 306 valence electrons. The quantitative estimate of drug-likeness (QED) is 0.127. The molecular formula is C60H38F4. The highest BCUT2D eigenvalue weighted by molar-refractivity contribution is 6.00. The summed E-state index contributed by atoms with van der Waals surface area (Å²) in [4.78, 5) is 0. The van der Waals surface area contributed by atoms with Crippen LogP contribution < -0.4 is 0 Å². The molecule has 0 unspecified atom stereocenters. The van der Waals surface area contributed by atoms with Crippen LogP contribution >= 0.6 is 0 Å². The summed E-state index contributed by atoms with van der Waals surface area (Å²) >= 11 is 0. The van der Waals surface area contributed by atoms with Crippen LogP contribution in [0.25, 0.3) is 100 Å². The van der Waals surface area contributed by atoms with E-state index in [4.69, 9.17) is 0 Å². The SMILES string of the molecule is Fc1c(-c2ccccc2)c(F)c(-c2ccccc2)c(-c2ccc(-c3ccc(-c4c(-c5ccccc5)c(F)c(-c5ccccc5)c(F)c4-c4ccccc4)cc3)cc2)c1-c1ccccc1. The van der Waals surface area contributed by atoms with E-state index in [2.05, 4.69) is 0 Å². The van der Waals surface area contributed by atoms with Gasteiger partial charge in [-0.15, -0.1) is 0 Å². The molecule has 10 aromatic rings. The van der Waals surface area contributed by atoms with Crippen molar-refractivity contribution in [3.63, 3.8) is 0 Å². The molecule has 0 radical (unpaired) electrons. The van der Waals surface area contributed by atoms with E-state index in [1.165, 1.54) is 0 Å². The van der Waals surface area contributed by atoms with E-state index >= 15 is 17.6 Å². The number of hydrogen-bond donors (Lipinski definition) is 0. The lowest BCUT2D eigenvalue weighted by Crippen LogP contribution is -2.02. The number of rotatable bonds is 9. The molecule has 0 aromatic heterocycles. The monoisotopic (exact) mass is 834 g/mol.